The van der Waals surface area contributed by atoms with Crippen molar-refractivity contribution < 1.29 is 14.4 Å². The summed E-state index contributed by atoms with van der Waals surface area (Å²) >= 11 is 4.21. The van der Waals surface area contributed by atoms with Crippen molar-refractivity contribution in [1.82, 2.24) is 0 Å². The van der Waals surface area contributed by atoms with Crippen LogP contribution in [0.15, 0.2) is 42.7 Å². The van der Waals surface area contributed by atoms with Crippen molar-refractivity contribution in [3.05, 3.63) is 53.9 Å². The minimum absolute atomic E-state index is 0.200. The van der Waals surface area contributed by atoms with Crippen molar-refractivity contribution >= 4 is 24.8 Å². The molecule has 2 rings (SSSR count). The van der Waals surface area contributed by atoms with Gasteiger partial charge >= 0.3 is 0 Å². The molecule has 0 aliphatic carbocycles. The fraction of sp³-hybridized carbons (Fsp3) is 0.188. The third kappa shape index (κ3) is 3.78. The summed E-state index contributed by atoms with van der Waals surface area (Å²) in [7, 11) is 1.59. The van der Waals surface area contributed by atoms with E-state index in [4.69, 9.17) is 4.74 Å². The number of hydrogen-bond acceptors (Lipinski definition) is 3. The molecule has 104 valence electrons. The summed E-state index contributed by atoms with van der Waals surface area (Å²) in [6.45, 7) is 0.902. The highest BCUT2D eigenvalue weighted by molar-refractivity contribution is 7.80. The Morgan fingerprint density at radius 3 is 2.60 bits per heavy atom. The predicted molar refractivity (Wildman–Crippen MR) is 84.1 cm³/mol. The van der Waals surface area contributed by atoms with Crippen molar-refractivity contribution in [3.8, 4) is 11.5 Å². The lowest BCUT2D eigenvalue weighted by Gasteiger charge is -2.04. The summed E-state index contributed by atoms with van der Waals surface area (Å²) in [5.74, 6) is 1.68. The first-order chi connectivity index (χ1) is 9.72. The molecule has 1 N–H and O–H groups in total. The topological polar surface area (TPSA) is 33.3 Å². The van der Waals surface area contributed by atoms with Crippen LogP contribution in [-0.4, -0.2) is 18.0 Å². The Balaban J connectivity index is 2.16. The summed E-state index contributed by atoms with van der Waals surface area (Å²) in [4.78, 5) is 0. The second-order valence-electron chi connectivity index (χ2n) is 4.35. The van der Waals surface area contributed by atoms with E-state index < -0.39 is 0 Å². The van der Waals surface area contributed by atoms with Crippen LogP contribution in [0.2, 0.25) is 0 Å². The second-order valence-corrected chi connectivity index (χ2v) is 4.80. The van der Waals surface area contributed by atoms with E-state index >= 15 is 0 Å². The van der Waals surface area contributed by atoms with Crippen LogP contribution < -0.4 is 9.30 Å². The number of aromatic hydroxyl groups is 1. The number of ether oxygens (including phenoxy) is 1. The molecule has 3 nitrogen and oxygen atoms in total. The molecule has 0 unspecified atom stereocenters. The lowest BCUT2D eigenvalue weighted by Crippen LogP contribution is -2.33. The van der Waals surface area contributed by atoms with Crippen LogP contribution in [0.3, 0.4) is 0 Å². The summed E-state index contributed by atoms with van der Waals surface area (Å²) in [5.41, 5.74) is 2.04. The van der Waals surface area contributed by atoms with Gasteiger partial charge in [-0.25, -0.2) is 4.57 Å². The van der Waals surface area contributed by atoms with Crippen LogP contribution in [0, 0.1) is 0 Å². The standard InChI is InChI=1S/C16H17NO2S/c1-19-16-12-15(18)5-4-14(16)3-2-13-6-8-17(9-7-13)10-11-20/h2-9,12,20H,10-11H2,1H3/p+1. The maximum atomic E-state index is 9.42. The van der Waals surface area contributed by atoms with Gasteiger partial charge in [-0.05, 0) is 17.7 Å². The van der Waals surface area contributed by atoms with E-state index in [9.17, 15) is 5.11 Å². The molecule has 0 spiro atoms. The number of phenols is 1. The number of thiol groups is 1. The van der Waals surface area contributed by atoms with Crippen LogP contribution in [-0.2, 0) is 6.54 Å². The third-order valence-corrected chi connectivity index (χ3v) is 3.15. The lowest BCUT2D eigenvalue weighted by molar-refractivity contribution is -0.692. The quantitative estimate of drug-likeness (QED) is 0.655. The number of phenolic OH excluding ortho intramolecular Hbond substituents is 1. The molecule has 0 amide bonds. The fourth-order valence-electron chi connectivity index (χ4n) is 1.87. The molecule has 0 bridgehead atoms. The molecule has 0 saturated carbocycles. The second kappa shape index (κ2) is 7.01. The Morgan fingerprint density at radius 1 is 1.20 bits per heavy atom. The van der Waals surface area contributed by atoms with E-state index in [2.05, 4.69) is 17.2 Å². The highest BCUT2D eigenvalue weighted by Crippen LogP contribution is 2.25. The molecule has 1 heterocycles. The van der Waals surface area contributed by atoms with Crippen molar-refractivity contribution in [2.45, 2.75) is 6.54 Å². The molecule has 0 radical (unpaired) electrons. The molecule has 4 heteroatoms. The Kier molecular flexibility index (Phi) is 5.07. The van der Waals surface area contributed by atoms with Gasteiger partial charge in [0.2, 0.25) is 0 Å². The fourth-order valence-corrected chi connectivity index (χ4v) is 2.10. The van der Waals surface area contributed by atoms with E-state index in [1.54, 1.807) is 19.2 Å². The highest BCUT2D eigenvalue weighted by atomic mass is 32.1. The van der Waals surface area contributed by atoms with Gasteiger partial charge in [0.1, 0.15) is 11.5 Å². The van der Waals surface area contributed by atoms with Gasteiger partial charge in [-0.15, -0.1) is 0 Å². The molecule has 0 fully saturated rings. The number of rotatable bonds is 5. The van der Waals surface area contributed by atoms with Gasteiger partial charge in [-0.1, -0.05) is 12.2 Å². The van der Waals surface area contributed by atoms with E-state index in [-0.39, 0.29) is 5.75 Å². The van der Waals surface area contributed by atoms with Gasteiger partial charge in [0.15, 0.2) is 18.9 Å². The molecule has 2 aromatic rings. The molecule has 0 atom stereocenters. The van der Waals surface area contributed by atoms with Gasteiger partial charge in [-0.3, -0.25) is 0 Å². The van der Waals surface area contributed by atoms with E-state index in [1.807, 2.05) is 42.7 Å². The normalized spacial score (nSPS) is 10.9. The minimum Gasteiger partial charge on any atom is -0.508 e. The van der Waals surface area contributed by atoms with Crippen molar-refractivity contribution in [3.63, 3.8) is 0 Å². The largest absolute Gasteiger partial charge is 0.508 e. The number of hydrogen-bond donors (Lipinski definition) is 2. The number of nitrogens with zero attached hydrogens (tertiary/aromatic N) is 1. The zero-order chi connectivity index (χ0) is 14.4. The molecule has 0 aliphatic rings. The van der Waals surface area contributed by atoms with Gasteiger partial charge in [0.05, 0.1) is 7.11 Å². The third-order valence-electron chi connectivity index (χ3n) is 2.95. The smallest absolute Gasteiger partial charge is 0.169 e. The molecular weight excluding hydrogens is 270 g/mol. The summed E-state index contributed by atoms with van der Waals surface area (Å²) < 4.78 is 7.33. The van der Waals surface area contributed by atoms with Crippen LogP contribution in [0.1, 0.15) is 11.1 Å². The van der Waals surface area contributed by atoms with Crippen LogP contribution in [0.25, 0.3) is 12.2 Å². The van der Waals surface area contributed by atoms with Crippen molar-refractivity contribution in [2.24, 2.45) is 0 Å². The first-order valence-electron chi connectivity index (χ1n) is 6.38. The average molecular weight is 288 g/mol. The van der Waals surface area contributed by atoms with Gasteiger partial charge in [0.25, 0.3) is 0 Å². The molecule has 1 aromatic heterocycles. The first kappa shape index (κ1) is 14.5. The number of aryl methyl sites for hydroxylation is 1. The summed E-state index contributed by atoms with van der Waals surface area (Å²) in [6.07, 6.45) is 8.05. The molecule has 1 aromatic carbocycles. The molecule has 0 saturated heterocycles. The maximum absolute atomic E-state index is 9.42. The monoisotopic (exact) mass is 288 g/mol. The van der Waals surface area contributed by atoms with Crippen LogP contribution in [0.4, 0.5) is 0 Å². The van der Waals surface area contributed by atoms with E-state index in [0.717, 1.165) is 23.4 Å². The predicted octanol–water partition coefficient (Wildman–Crippen LogP) is 2.79. The Hall–Kier alpha value is -1.94. The van der Waals surface area contributed by atoms with Crippen LogP contribution >= 0.6 is 12.6 Å². The highest BCUT2D eigenvalue weighted by Gasteiger charge is 2.01. The molecule has 0 aliphatic heterocycles. The summed E-state index contributed by atoms with van der Waals surface area (Å²) in [5, 5.41) is 9.42. The minimum atomic E-state index is 0.200. The maximum Gasteiger partial charge on any atom is 0.169 e. The average Bonchev–Trinajstić information content (AvgIpc) is 2.47. The van der Waals surface area contributed by atoms with Crippen molar-refractivity contribution in [2.75, 3.05) is 12.9 Å². The van der Waals surface area contributed by atoms with Crippen LogP contribution in [0.5, 0.6) is 11.5 Å². The zero-order valence-electron chi connectivity index (χ0n) is 11.4. The van der Waals surface area contributed by atoms with Gasteiger partial charge in [0, 0.05) is 29.5 Å². The SMILES string of the molecule is COc1cc(O)ccc1/C=C/c1cc[n+](CCS)cc1. The van der Waals surface area contributed by atoms with Gasteiger partial charge < -0.3 is 9.84 Å². The lowest BCUT2D eigenvalue weighted by atomic mass is 10.1. The number of pyridine rings is 1. The molecule has 20 heavy (non-hydrogen) atoms. The number of benzene rings is 1. The van der Waals surface area contributed by atoms with Crippen molar-refractivity contribution in [1.29, 1.82) is 0 Å². The number of aromatic nitrogens is 1. The van der Waals surface area contributed by atoms with Gasteiger partial charge in [-0.2, -0.15) is 12.6 Å². The zero-order valence-corrected chi connectivity index (χ0v) is 12.3. The Bertz CT molecular complexity index is 594. The number of methoxy groups -OCH3 is 1. The molecular formula is C16H18NO2S+. The van der Waals surface area contributed by atoms with E-state index in [1.165, 1.54) is 0 Å². The Labute approximate surface area is 124 Å². The summed E-state index contributed by atoms with van der Waals surface area (Å²) in [6, 6.07) is 9.17. The van der Waals surface area contributed by atoms with E-state index in [0.29, 0.717) is 5.75 Å². The Morgan fingerprint density at radius 2 is 1.95 bits per heavy atom. The first-order valence-corrected chi connectivity index (χ1v) is 7.01.